The van der Waals surface area contributed by atoms with Crippen molar-refractivity contribution in [3.63, 3.8) is 0 Å². The molecule has 4 nitrogen and oxygen atoms in total. The van der Waals surface area contributed by atoms with Gasteiger partial charge in [0.05, 0.1) is 24.7 Å². The number of benzene rings is 2. The minimum atomic E-state index is 0.536. The molecule has 0 fully saturated rings. The van der Waals surface area contributed by atoms with Crippen molar-refractivity contribution in [3.05, 3.63) is 53.6 Å². The van der Waals surface area contributed by atoms with E-state index in [4.69, 9.17) is 10.5 Å². The Morgan fingerprint density at radius 1 is 1.20 bits per heavy atom. The molecule has 2 N–H and O–H groups in total. The molecule has 0 atom stereocenters. The van der Waals surface area contributed by atoms with Gasteiger partial charge in [-0.2, -0.15) is 0 Å². The Morgan fingerprint density at radius 3 is 2.85 bits per heavy atom. The summed E-state index contributed by atoms with van der Waals surface area (Å²) in [6, 6.07) is 14.1. The molecule has 1 aromatic heterocycles. The maximum Gasteiger partial charge on any atom is 0.201 e. The molecule has 0 aliphatic rings. The number of ether oxygens (including phenoxy) is 1. The Labute approximate surface area is 117 Å². The van der Waals surface area contributed by atoms with Gasteiger partial charge in [-0.3, -0.25) is 0 Å². The predicted molar refractivity (Wildman–Crippen MR) is 81.0 cm³/mol. The fourth-order valence-electron chi connectivity index (χ4n) is 2.37. The maximum atomic E-state index is 6.04. The first-order valence-electron chi connectivity index (χ1n) is 6.52. The Hall–Kier alpha value is -2.49. The van der Waals surface area contributed by atoms with Crippen LogP contribution in [0.1, 0.15) is 11.1 Å². The number of fused-ring (bicyclic) bond motifs is 1. The van der Waals surface area contributed by atoms with E-state index in [1.807, 2.05) is 34.9 Å². The third kappa shape index (κ3) is 2.20. The van der Waals surface area contributed by atoms with E-state index in [0.29, 0.717) is 12.5 Å². The summed E-state index contributed by atoms with van der Waals surface area (Å²) in [5.74, 6) is 1.38. The van der Waals surface area contributed by atoms with Crippen molar-refractivity contribution in [2.24, 2.45) is 0 Å². The lowest BCUT2D eigenvalue weighted by atomic mass is 10.2. The highest BCUT2D eigenvalue weighted by Gasteiger charge is 2.09. The van der Waals surface area contributed by atoms with Crippen LogP contribution in [0.25, 0.3) is 11.0 Å². The van der Waals surface area contributed by atoms with Gasteiger partial charge in [0.1, 0.15) is 5.75 Å². The van der Waals surface area contributed by atoms with Crippen molar-refractivity contribution < 1.29 is 4.74 Å². The maximum absolute atomic E-state index is 6.04. The highest BCUT2D eigenvalue weighted by Crippen LogP contribution is 2.22. The number of methoxy groups -OCH3 is 1. The number of imidazole rings is 1. The molecule has 2 aromatic carbocycles. The van der Waals surface area contributed by atoms with E-state index in [-0.39, 0.29) is 0 Å². The van der Waals surface area contributed by atoms with Crippen LogP contribution in [0.15, 0.2) is 42.5 Å². The van der Waals surface area contributed by atoms with Gasteiger partial charge >= 0.3 is 0 Å². The number of anilines is 1. The van der Waals surface area contributed by atoms with E-state index in [1.165, 1.54) is 5.56 Å². The first kappa shape index (κ1) is 12.5. The Kier molecular flexibility index (Phi) is 3.06. The summed E-state index contributed by atoms with van der Waals surface area (Å²) in [4.78, 5) is 4.40. The molecule has 0 aliphatic carbocycles. The van der Waals surface area contributed by atoms with Gasteiger partial charge in [-0.05, 0) is 42.3 Å². The fraction of sp³-hybridized carbons (Fsp3) is 0.188. The van der Waals surface area contributed by atoms with Crippen molar-refractivity contribution in [1.29, 1.82) is 0 Å². The molecule has 20 heavy (non-hydrogen) atoms. The smallest absolute Gasteiger partial charge is 0.201 e. The molecule has 3 rings (SSSR count). The lowest BCUT2D eigenvalue weighted by molar-refractivity contribution is 0.414. The van der Waals surface area contributed by atoms with Crippen LogP contribution in [0, 0.1) is 6.92 Å². The van der Waals surface area contributed by atoms with Gasteiger partial charge in [-0.15, -0.1) is 0 Å². The third-order valence-electron chi connectivity index (χ3n) is 3.41. The van der Waals surface area contributed by atoms with Crippen LogP contribution in [0.3, 0.4) is 0 Å². The van der Waals surface area contributed by atoms with Crippen LogP contribution < -0.4 is 10.5 Å². The minimum Gasteiger partial charge on any atom is -0.497 e. The minimum absolute atomic E-state index is 0.536. The second-order valence-electron chi connectivity index (χ2n) is 4.90. The molecule has 102 valence electrons. The van der Waals surface area contributed by atoms with Crippen LogP contribution in [0.2, 0.25) is 0 Å². The zero-order chi connectivity index (χ0) is 14.1. The van der Waals surface area contributed by atoms with Crippen molar-refractivity contribution in [1.82, 2.24) is 9.55 Å². The molecule has 0 saturated heterocycles. The molecule has 3 aromatic rings. The van der Waals surface area contributed by atoms with Gasteiger partial charge in [-0.25, -0.2) is 4.98 Å². The lowest BCUT2D eigenvalue weighted by Crippen LogP contribution is -2.04. The molecule has 4 heteroatoms. The van der Waals surface area contributed by atoms with Crippen LogP contribution in [-0.2, 0) is 6.54 Å². The first-order chi connectivity index (χ1) is 9.67. The zero-order valence-corrected chi connectivity index (χ0v) is 11.6. The first-order valence-corrected chi connectivity index (χ1v) is 6.52. The van der Waals surface area contributed by atoms with Gasteiger partial charge in [-0.1, -0.05) is 18.2 Å². The number of nitrogen functional groups attached to an aromatic ring is 1. The van der Waals surface area contributed by atoms with Crippen molar-refractivity contribution in [2.75, 3.05) is 12.8 Å². The molecule has 0 saturated carbocycles. The highest BCUT2D eigenvalue weighted by atomic mass is 16.5. The van der Waals surface area contributed by atoms with E-state index in [0.717, 1.165) is 22.3 Å². The number of nitrogens with two attached hydrogens (primary N) is 1. The van der Waals surface area contributed by atoms with E-state index in [9.17, 15) is 0 Å². The SMILES string of the molecule is COc1cccc(Cn2c(N)nc3ccc(C)cc32)c1. The average Bonchev–Trinajstić information content (AvgIpc) is 2.75. The van der Waals surface area contributed by atoms with Crippen molar-refractivity contribution in [2.45, 2.75) is 13.5 Å². The molecule has 0 spiro atoms. The number of hydrogen-bond acceptors (Lipinski definition) is 3. The monoisotopic (exact) mass is 267 g/mol. The number of aromatic nitrogens is 2. The average molecular weight is 267 g/mol. The topological polar surface area (TPSA) is 53.1 Å². The van der Waals surface area contributed by atoms with E-state index < -0.39 is 0 Å². The van der Waals surface area contributed by atoms with Gasteiger partial charge in [0.25, 0.3) is 0 Å². The Morgan fingerprint density at radius 2 is 2.05 bits per heavy atom. The Balaban J connectivity index is 2.05. The third-order valence-corrected chi connectivity index (χ3v) is 3.41. The summed E-state index contributed by atoms with van der Waals surface area (Å²) in [7, 11) is 1.67. The van der Waals surface area contributed by atoms with Crippen LogP contribution in [0.5, 0.6) is 5.75 Å². The molecule has 1 heterocycles. The van der Waals surface area contributed by atoms with Crippen LogP contribution in [-0.4, -0.2) is 16.7 Å². The van der Waals surface area contributed by atoms with Crippen molar-refractivity contribution in [3.8, 4) is 5.75 Å². The van der Waals surface area contributed by atoms with Crippen LogP contribution >= 0.6 is 0 Å². The molecular weight excluding hydrogens is 250 g/mol. The second-order valence-corrected chi connectivity index (χ2v) is 4.90. The summed E-state index contributed by atoms with van der Waals surface area (Å²) >= 11 is 0. The van der Waals surface area contributed by atoms with Gasteiger partial charge in [0, 0.05) is 0 Å². The quantitative estimate of drug-likeness (QED) is 0.793. The number of rotatable bonds is 3. The number of nitrogens with zero attached hydrogens (tertiary/aromatic N) is 2. The molecule has 0 unspecified atom stereocenters. The summed E-state index contributed by atoms with van der Waals surface area (Å²) in [6.45, 7) is 2.75. The van der Waals surface area contributed by atoms with E-state index in [1.54, 1.807) is 7.11 Å². The number of aryl methyl sites for hydroxylation is 1. The van der Waals surface area contributed by atoms with E-state index in [2.05, 4.69) is 24.0 Å². The summed E-state index contributed by atoms with van der Waals surface area (Å²) in [5.41, 5.74) is 10.4. The number of hydrogen-bond donors (Lipinski definition) is 1. The van der Waals surface area contributed by atoms with E-state index >= 15 is 0 Å². The molecule has 0 aliphatic heterocycles. The summed E-state index contributed by atoms with van der Waals surface area (Å²) in [6.07, 6.45) is 0. The standard InChI is InChI=1S/C16H17N3O/c1-11-6-7-14-15(8-11)19(16(17)18-14)10-12-4-3-5-13(9-12)20-2/h3-9H,10H2,1-2H3,(H2,17,18). The second kappa shape index (κ2) is 4.89. The normalized spacial score (nSPS) is 10.9. The zero-order valence-electron chi connectivity index (χ0n) is 11.6. The van der Waals surface area contributed by atoms with Gasteiger partial charge in [0.2, 0.25) is 5.95 Å². The molecule has 0 amide bonds. The Bertz CT molecular complexity index is 762. The summed E-state index contributed by atoms with van der Waals surface area (Å²) < 4.78 is 7.28. The fourth-order valence-corrected chi connectivity index (χ4v) is 2.37. The molecule has 0 radical (unpaired) electrons. The van der Waals surface area contributed by atoms with Crippen LogP contribution in [0.4, 0.5) is 5.95 Å². The predicted octanol–water partition coefficient (Wildman–Crippen LogP) is 2.98. The summed E-state index contributed by atoms with van der Waals surface area (Å²) in [5, 5.41) is 0. The van der Waals surface area contributed by atoms with Gasteiger partial charge in [0.15, 0.2) is 0 Å². The largest absolute Gasteiger partial charge is 0.497 e. The van der Waals surface area contributed by atoms with Crippen molar-refractivity contribution >= 4 is 17.0 Å². The highest BCUT2D eigenvalue weighted by molar-refractivity contribution is 5.79. The molecular formula is C16H17N3O. The lowest BCUT2D eigenvalue weighted by Gasteiger charge is -2.08. The molecule has 0 bridgehead atoms. The van der Waals surface area contributed by atoms with Gasteiger partial charge < -0.3 is 15.0 Å².